The summed E-state index contributed by atoms with van der Waals surface area (Å²) in [5.74, 6) is -4.98. The molecule has 11 amide bonds. The maximum Gasteiger partial charge on any atom is 0.317 e. The summed E-state index contributed by atoms with van der Waals surface area (Å²) >= 11 is 0. The van der Waals surface area contributed by atoms with Crippen LogP contribution in [0.3, 0.4) is 0 Å². The van der Waals surface area contributed by atoms with Crippen LogP contribution in [0.5, 0.6) is 5.75 Å². The number of amides is 11. The van der Waals surface area contributed by atoms with Crippen molar-refractivity contribution in [2.24, 2.45) is 28.7 Å². The standard InChI is InChI=1S/C16H25N3O3.C13H20N2O2.C10H19N3O2.C10H20N2O4.C9H17N3O2.C9H18N2O4.2C9H20N2O2.2C8H18N2O2/c1-16(2,3)19-15(22)13(10-20)18-14(21)12(17)9-11-7-5-4-6-8-11;1-13(2,3)15-12(17)11(14)8-9-4-6-10(16)7-5-9;1-10(2,3)13-9(15)8(7-14)12-6-5-11-4;1-10(2,3)12-9(16)7(6-13)11-5-4-8(14)15;1-9(2,3)12-8(14)7(5-13)11-6-10-4;1-9(2,3)11-8(15)6(5-12)10-4-7(13)14;1-9(2,3)11-8(13)7(10)5-4-6-12;1-5-10-7(6-12)8(13)11-9(2,3)4;1-8(2,3)10-7(12)6(9)4-5-11;1-5(11)6(9)7(12)10-8(2,3)4/h4-8,12-13,20H,9-10,17H2,1-3H3,(H,18,21)(H,19,22);4-7,11,16H,8,14H2,1-3H3,(H,15,17);8,12,14H,5-7H2,1-3H3,(H,13,15);7,11,13H,4-6H2,1-3H3,(H,12,16)(H,14,15);7,11,13H,5-6H2,1-3H3,(H,12,14);6,10,12H,4-5H2,1-3H3,(H,11,15)(H,13,14);7,12H,4-6,10H2,1-3H3,(H,11,13);7,10,12H,5-6H2,1-4H3,(H,11,13);6,11H,4-5,9H2,1-3H3,(H,10,12);5-6,11H,9H2,1-4H3,(H,10,12)/t;;8-;2*7-;6-;;7-;;/m..0000.0../s1. The molecule has 7 unspecified atom stereocenters. The predicted octanol–water partition coefficient (Wildman–Crippen LogP) is -2.02. The summed E-state index contributed by atoms with van der Waals surface area (Å²) in [4.78, 5) is 154. The number of rotatable bonds is 42. The third-order valence-electron chi connectivity index (χ3n) is 17.0. The first-order valence-electron chi connectivity index (χ1n) is 49.1. The first-order chi connectivity index (χ1) is 67.7. The average Bonchev–Trinajstić information content (AvgIpc) is 0.872. The summed E-state index contributed by atoms with van der Waals surface area (Å²) in [6.07, 6.45) is 1.33. The van der Waals surface area contributed by atoms with E-state index < -0.39 is 127 Å². The Labute approximate surface area is 884 Å². The molecule has 0 heterocycles. The van der Waals surface area contributed by atoms with Gasteiger partial charge in [0.2, 0.25) is 71.5 Å². The molecule has 864 valence electrons. The van der Waals surface area contributed by atoms with E-state index in [4.69, 9.17) is 98.0 Å². The molecule has 0 fully saturated rings. The Balaban J connectivity index is -0.000000248. The Kier molecular flexibility index (Phi) is 81.2. The number of aromatic hydroxyl groups is 1. The quantitative estimate of drug-likeness (QED) is 0.0252. The summed E-state index contributed by atoms with van der Waals surface area (Å²) in [6.45, 7) is 71.7. The summed E-state index contributed by atoms with van der Waals surface area (Å²) < 4.78 is 0. The van der Waals surface area contributed by atoms with Gasteiger partial charge in [-0.2, -0.15) is 0 Å². The first-order valence-corrected chi connectivity index (χ1v) is 49.1. The number of likely N-dealkylation sites (N-methyl/N-ethyl adjacent to an activating group) is 1. The van der Waals surface area contributed by atoms with Gasteiger partial charge in [0.15, 0.2) is 0 Å². The molecule has 12 atom stereocenters. The molecule has 48 heteroatoms. The number of carbonyl (C=O) groups excluding carboxylic acids is 11. The third-order valence-corrected chi connectivity index (χ3v) is 17.0. The highest BCUT2D eigenvalue weighted by Crippen LogP contribution is 2.14. The molecule has 0 aliphatic rings. The minimum atomic E-state index is -1.07. The molecule has 0 bridgehead atoms. The van der Waals surface area contributed by atoms with Crippen molar-refractivity contribution in [2.45, 2.75) is 388 Å². The van der Waals surface area contributed by atoms with Crippen molar-refractivity contribution in [2.75, 3.05) is 92.2 Å². The summed E-state index contributed by atoms with van der Waals surface area (Å²) in [5.41, 5.74) is 26.8. The highest BCUT2D eigenvalue weighted by atomic mass is 16.4. The van der Waals surface area contributed by atoms with Gasteiger partial charge in [-0.1, -0.05) is 49.4 Å². The molecule has 2 aromatic rings. The van der Waals surface area contributed by atoms with Crippen LogP contribution in [0.2, 0.25) is 0 Å². The zero-order chi connectivity index (χ0) is 118. The number of carboxylic acids is 2. The number of carbonyl (C=O) groups is 13. The Bertz CT molecular complexity index is 4170. The molecule has 2 rings (SSSR count). The SMILES string of the molecule is CC(C)(C)NC(=O)C(CO)NC(=O)C(N)Cc1ccccc1.CC(C)(C)NC(=O)C(N)CCCO.CC(C)(C)NC(=O)C(N)CCO.CC(C)(C)NC(=O)C(N)Cc1ccc(O)cc1.CC(C)(C)NC(=O)[C@H](CO)NCC(=O)O.CC(C)(C)NC(=O)[C@H](CO)NCCC(=O)O.CC(O)C(N)C(=O)NC(C)(C)C.CCN[C@@H](CO)C(=O)NC(C)(C)C.[C-]#[N+]CCN[C@@H](CO)C(=O)NC(C)(C)C.[C-]#[N+]CN[C@@H](CO)C(=O)NC(C)(C)C. The topological polar surface area (TPSA) is 796 Å². The van der Waals surface area contributed by atoms with Crippen molar-refractivity contribution >= 4 is 76.9 Å². The lowest BCUT2D eigenvalue weighted by Gasteiger charge is -2.25. The second-order valence-corrected chi connectivity index (χ2v) is 44.7. The van der Waals surface area contributed by atoms with Crippen LogP contribution in [-0.2, 0) is 75.2 Å². The van der Waals surface area contributed by atoms with E-state index in [2.05, 4.69) is 94.8 Å². The van der Waals surface area contributed by atoms with Gasteiger partial charge in [0.25, 0.3) is 6.67 Å². The van der Waals surface area contributed by atoms with E-state index in [0.717, 1.165) is 11.1 Å². The molecule has 0 aliphatic heterocycles. The van der Waals surface area contributed by atoms with Crippen molar-refractivity contribution in [3.63, 3.8) is 0 Å². The van der Waals surface area contributed by atoms with Crippen LogP contribution in [0.4, 0.5) is 0 Å². The van der Waals surface area contributed by atoms with Crippen LogP contribution >= 0.6 is 0 Å². The zero-order valence-electron chi connectivity index (χ0n) is 94.7. The van der Waals surface area contributed by atoms with Gasteiger partial charge in [-0.15, -0.1) is 0 Å². The molecule has 149 heavy (non-hydrogen) atoms. The Morgan fingerprint density at radius 2 is 0.611 bits per heavy atom. The average molecular weight is 2130 g/mol. The Morgan fingerprint density at radius 1 is 0.329 bits per heavy atom. The van der Waals surface area contributed by atoms with Gasteiger partial charge < -0.3 is 164 Å². The van der Waals surface area contributed by atoms with Crippen LogP contribution in [-0.4, -0.2) is 358 Å². The molecular weight excluding hydrogens is 1940 g/mol. The number of nitrogens with zero attached hydrogens (tertiary/aromatic N) is 2. The molecule has 0 radical (unpaired) electrons. The molecule has 0 spiro atoms. The van der Waals surface area contributed by atoms with Crippen LogP contribution in [0.1, 0.15) is 258 Å². The van der Waals surface area contributed by atoms with Gasteiger partial charge in [0, 0.05) is 75.1 Å². The van der Waals surface area contributed by atoms with Gasteiger partial charge in [0.1, 0.15) is 48.0 Å². The smallest absolute Gasteiger partial charge is 0.317 e. The number of benzene rings is 2. The van der Waals surface area contributed by atoms with Gasteiger partial charge in [-0.3, -0.25) is 77.8 Å². The molecule has 2 aromatic carbocycles. The molecular formula is C101H195N23O25. The zero-order valence-corrected chi connectivity index (χ0v) is 94.7. The number of aliphatic hydroxyl groups excluding tert-OH is 9. The normalized spacial score (nSPS) is 13.8. The van der Waals surface area contributed by atoms with E-state index in [0.29, 0.717) is 51.7 Å². The number of aliphatic hydroxyl groups is 9. The Hall–Kier alpha value is -10.4. The highest BCUT2D eigenvalue weighted by molar-refractivity contribution is 5.91. The predicted molar refractivity (Wildman–Crippen MR) is 578 cm³/mol. The maximum absolute atomic E-state index is 12.1. The lowest BCUT2D eigenvalue weighted by atomic mass is 10.0. The second-order valence-electron chi connectivity index (χ2n) is 44.7. The first kappa shape index (κ1) is 154. The number of phenols is 1. The fourth-order valence-corrected chi connectivity index (χ4v) is 10.4. The van der Waals surface area contributed by atoms with Crippen LogP contribution in [0, 0.1) is 13.1 Å². The van der Waals surface area contributed by atoms with E-state index in [1.807, 2.05) is 224 Å². The molecule has 0 saturated heterocycles. The summed E-state index contributed by atoms with van der Waals surface area (Å²) in [7, 11) is 0. The van der Waals surface area contributed by atoms with E-state index in [-0.39, 0.29) is 163 Å². The molecule has 0 saturated carbocycles. The van der Waals surface area contributed by atoms with Gasteiger partial charge in [0.05, 0.1) is 89.4 Å². The van der Waals surface area contributed by atoms with Crippen molar-refractivity contribution in [3.05, 3.63) is 88.6 Å². The highest BCUT2D eigenvalue weighted by Gasteiger charge is 2.32. The van der Waals surface area contributed by atoms with Gasteiger partial charge in [-0.05, 0) is 277 Å². The number of phenolic OH excluding ortho intramolecular Hbond substituents is 1. The minimum Gasteiger partial charge on any atom is -0.508 e. The van der Waals surface area contributed by atoms with Crippen molar-refractivity contribution < 1.29 is 124 Å². The van der Waals surface area contributed by atoms with E-state index in [9.17, 15) is 67.4 Å². The molecule has 0 aromatic heterocycles. The van der Waals surface area contributed by atoms with Crippen LogP contribution in [0.25, 0.3) is 9.69 Å². The monoisotopic (exact) mass is 2130 g/mol. The lowest BCUT2D eigenvalue weighted by Crippen LogP contribution is -2.56. The molecule has 48 nitrogen and oxygen atoms in total. The molecule has 0 aliphatic carbocycles. The number of hydrogen-bond acceptors (Lipinski definition) is 33. The number of hydrogen-bond donors (Lipinski definition) is 33. The van der Waals surface area contributed by atoms with E-state index in [1.165, 1.54) is 6.92 Å². The van der Waals surface area contributed by atoms with Crippen molar-refractivity contribution in [3.8, 4) is 5.75 Å². The summed E-state index contributed by atoms with van der Waals surface area (Å²) in [5, 5.41) is 149. The fraction of sp³-hybridized carbons (Fsp3) is 0.733. The number of carboxylic acid groups (broad SMARTS) is 2. The maximum atomic E-state index is 12.1. The number of nitrogens with two attached hydrogens (primary N) is 5. The second kappa shape index (κ2) is 78.7. The van der Waals surface area contributed by atoms with Gasteiger partial charge >= 0.3 is 11.9 Å². The minimum absolute atomic E-state index is 0.0305. The Morgan fingerprint density at radius 3 is 0.899 bits per heavy atom. The summed E-state index contributed by atoms with van der Waals surface area (Å²) in [6, 6.07) is 8.28. The lowest BCUT2D eigenvalue weighted by molar-refractivity contribution is -0.138. The van der Waals surface area contributed by atoms with Gasteiger partial charge in [-0.25, -0.2) is 18.5 Å². The molecule has 38 N–H and O–H groups in total. The van der Waals surface area contributed by atoms with E-state index in [1.54, 1.807) is 45.0 Å². The van der Waals surface area contributed by atoms with Crippen LogP contribution in [0.15, 0.2) is 54.6 Å². The van der Waals surface area contributed by atoms with E-state index >= 15 is 0 Å². The van der Waals surface area contributed by atoms with Crippen molar-refractivity contribution in [1.29, 1.82) is 0 Å². The largest absolute Gasteiger partial charge is 0.508 e. The van der Waals surface area contributed by atoms with Crippen molar-refractivity contribution in [1.82, 2.24) is 85.1 Å². The van der Waals surface area contributed by atoms with Crippen LogP contribution < -0.4 is 114 Å². The fourth-order valence-electron chi connectivity index (χ4n) is 10.4. The number of nitrogens with one attached hydrogen (secondary N) is 16. The third kappa shape index (κ3) is 99.3. The number of aliphatic carboxylic acids is 2.